The molecule has 0 aliphatic carbocycles. The number of para-hydroxylation sites is 1. The molecule has 2 aromatic rings. The maximum atomic E-state index is 13.6. The molecular formula is C14H13BrFN. The van der Waals surface area contributed by atoms with Gasteiger partial charge >= 0.3 is 0 Å². The molecule has 0 fully saturated rings. The molecule has 88 valence electrons. The standard InChI is InChI=1S/C14H13BrFN/c1-10-4-2-7-13(16)14(10)17-9-11-5-3-6-12(15)8-11/h2-8,17H,9H2,1H3. The third-order valence-corrected chi connectivity index (χ3v) is 3.07. The van der Waals surface area contributed by atoms with Gasteiger partial charge in [-0.1, -0.05) is 40.2 Å². The molecule has 0 radical (unpaired) electrons. The SMILES string of the molecule is Cc1cccc(F)c1NCc1cccc(Br)c1. The molecule has 1 N–H and O–H groups in total. The zero-order chi connectivity index (χ0) is 12.3. The van der Waals surface area contributed by atoms with Crippen LogP contribution in [0.5, 0.6) is 0 Å². The third kappa shape index (κ3) is 3.07. The van der Waals surface area contributed by atoms with E-state index in [1.165, 1.54) is 6.07 Å². The lowest BCUT2D eigenvalue weighted by molar-refractivity contribution is 0.629. The van der Waals surface area contributed by atoms with Crippen molar-refractivity contribution in [1.82, 2.24) is 0 Å². The Morgan fingerprint density at radius 2 is 1.94 bits per heavy atom. The molecule has 2 aromatic carbocycles. The quantitative estimate of drug-likeness (QED) is 0.878. The van der Waals surface area contributed by atoms with Crippen LogP contribution in [-0.4, -0.2) is 0 Å². The molecule has 1 nitrogen and oxygen atoms in total. The molecule has 2 rings (SSSR count). The summed E-state index contributed by atoms with van der Waals surface area (Å²) in [5, 5.41) is 3.13. The Morgan fingerprint density at radius 1 is 1.18 bits per heavy atom. The van der Waals surface area contributed by atoms with Crippen molar-refractivity contribution in [3.8, 4) is 0 Å². The zero-order valence-corrected chi connectivity index (χ0v) is 11.1. The van der Waals surface area contributed by atoms with Crippen LogP contribution in [0.4, 0.5) is 10.1 Å². The molecule has 0 saturated heterocycles. The van der Waals surface area contributed by atoms with Crippen molar-refractivity contribution in [2.45, 2.75) is 13.5 Å². The van der Waals surface area contributed by atoms with Gasteiger partial charge < -0.3 is 5.32 Å². The van der Waals surface area contributed by atoms with E-state index in [-0.39, 0.29) is 5.82 Å². The van der Waals surface area contributed by atoms with Crippen LogP contribution >= 0.6 is 15.9 Å². The molecule has 0 aromatic heterocycles. The third-order valence-electron chi connectivity index (χ3n) is 2.58. The van der Waals surface area contributed by atoms with E-state index in [4.69, 9.17) is 0 Å². The van der Waals surface area contributed by atoms with Gasteiger partial charge in [-0.3, -0.25) is 0 Å². The van der Waals surface area contributed by atoms with E-state index in [2.05, 4.69) is 21.2 Å². The maximum Gasteiger partial charge on any atom is 0.146 e. The van der Waals surface area contributed by atoms with Crippen LogP contribution in [0.2, 0.25) is 0 Å². The molecule has 0 atom stereocenters. The van der Waals surface area contributed by atoms with E-state index >= 15 is 0 Å². The largest absolute Gasteiger partial charge is 0.378 e. The molecule has 0 saturated carbocycles. The summed E-state index contributed by atoms with van der Waals surface area (Å²) in [5.74, 6) is -0.208. The lowest BCUT2D eigenvalue weighted by atomic mass is 10.1. The Labute approximate surface area is 109 Å². The monoisotopic (exact) mass is 293 g/mol. The number of anilines is 1. The lowest BCUT2D eigenvalue weighted by Gasteiger charge is -2.10. The predicted molar refractivity (Wildman–Crippen MR) is 72.6 cm³/mol. The minimum Gasteiger partial charge on any atom is -0.378 e. The van der Waals surface area contributed by atoms with Crippen molar-refractivity contribution in [3.05, 3.63) is 63.9 Å². The van der Waals surface area contributed by atoms with Gasteiger partial charge in [0.25, 0.3) is 0 Å². The maximum absolute atomic E-state index is 13.6. The molecule has 0 heterocycles. The summed E-state index contributed by atoms with van der Waals surface area (Å²) in [6, 6.07) is 13.0. The normalized spacial score (nSPS) is 10.3. The molecular weight excluding hydrogens is 281 g/mol. The van der Waals surface area contributed by atoms with E-state index < -0.39 is 0 Å². The van der Waals surface area contributed by atoms with Gasteiger partial charge in [-0.2, -0.15) is 0 Å². The first-order valence-corrected chi connectivity index (χ1v) is 6.19. The highest BCUT2D eigenvalue weighted by Crippen LogP contribution is 2.20. The molecule has 0 spiro atoms. The average molecular weight is 294 g/mol. The summed E-state index contributed by atoms with van der Waals surface area (Å²) < 4.78 is 14.6. The highest BCUT2D eigenvalue weighted by molar-refractivity contribution is 9.10. The van der Waals surface area contributed by atoms with Crippen molar-refractivity contribution in [2.24, 2.45) is 0 Å². The molecule has 0 bridgehead atoms. The molecule has 3 heteroatoms. The number of hydrogen-bond donors (Lipinski definition) is 1. The van der Waals surface area contributed by atoms with E-state index in [1.807, 2.05) is 37.3 Å². The van der Waals surface area contributed by atoms with Gasteiger partial charge in [-0.25, -0.2) is 4.39 Å². The Bertz CT molecular complexity index is 505. The Morgan fingerprint density at radius 3 is 2.65 bits per heavy atom. The summed E-state index contributed by atoms with van der Waals surface area (Å²) in [5.41, 5.74) is 2.61. The molecule has 0 aliphatic rings. The van der Waals surface area contributed by atoms with Crippen molar-refractivity contribution in [2.75, 3.05) is 5.32 Å². The molecule has 17 heavy (non-hydrogen) atoms. The smallest absolute Gasteiger partial charge is 0.146 e. The second-order valence-electron chi connectivity index (χ2n) is 3.92. The van der Waals surface area contributed by atoms with Crippen LogP contribution in [0.15, 0.2) is 46.9 Å². The van der Waals surface area contributed by atoms with E-state index in [0.29, 0.717) is 12.2 Å². The number of hydrogen-bond acceptors (Lipinski definition) is 1. The first-order chi connectivity index (χ1) is 8.16. The molecule has 0 aliphatic heterocycles. The number of nitrogens with one attached hydrogen (secondary N) is 1. The topological polar surface area (TPSA) is 12.0 Å². The van der Waals surface area contributed by atoms with Crippen LogP contribution in [0, 0.1) is 12.7 Å². The summed E-state index contributed by atoms with van der Waals surface area (Å²) in [7, 11) is 0. The van der Waals surface area contributed by atoms with Gasteiger partial charge in [-0.15, -0.1) is 0 Å². The first kappa shape index (κ1) is 12.1. The Kier molecular flexibility index (Phi) is 3.79. The number of benzene rings is 2. The van der Waals surface area contributed by atoms with E-state index in [9.17, 15) is 4.39 Å². The Balaban J connectivity index is 2.13. The highest BCUT2D eigenvalue weighted by Gasteiger charge is 2.04. The minimum atomic E-state index is -0.208. The van der Waals surface area contributed by atoms with Crippen LogP contribution in [0.25, 0.3) is 0 Å². The van der Waals surface area contributed by atoms with Gasteiger partial charge in [0.2, 0.25) is 0 Å². The summed E-state index contributed by atoms with van der Waals surface area (Å²) in [6.45, 7) is 2.51. The van der Waals surface area contributed by atoms with Crippen LogP contribution < -0.4 is 5.32 Å². The van der Waals surface area contributed by atoms with Gasteiger partial charge in [0, 0.05) is 11.0 Å². The van der Waals surface area contributed by atoms with Crippen molar-refractivity contribution in [1.29, 1.82) is 0 Å². The zero-order valence-electron chi connectivity index (χ0n) is 9.50. The number of halogens is 2. The fourth-order valence-electron chi connectivity index (χ4n) is 1.69. The van der Waals surface area contributed by atoms with Gasteiger partial charge in [0.15, 0.2) is 0 Å². The highest BCUT2D eigenvalue weighted by atomic mass is 79.9. The predicted octanol–water partition coefficient (Wildman–Crippen LogP) is 4.51. The second kappa shape index (κ2) is 5.32. The number of rotatable bonds is 3. The number of aryl methyl sites for hydroxylation is 1. The summed E-state index contributed by atoms with van der Waals surface area (Å²) in [4.78, 5) is 0. The van der Waals surface area contributed by atoms with E-state index in [0.717, 1.165) is 15.6 Å². The average Bonchev–Trinajstić information content (AvgIpc) is 2.28. The van der Waals surface area contributed by atoms with Crippen molar-refractivity contribution < 1.29 is 4.39 Å². The fraction of sp³-hybridized carbons (Fsp3) is 0.143. The molecule has 0 unspecified atom stereocenters. The van der Waals surface area contributed by atoms with E-state index in [1.54, 1.807) is 6.07 Å². The summed E-state index contributed by atoms with van der Waals surface area (Å²) >= 11 is 3.42. The van der Waals surface area contributed by atoms with Crippen LogP contribution in [-0.2, 0) is 6.54 Å². The van der Waals surface area contributed by atoms with Crippen molar-refractivity contribution in [3.63, 3.8) is 0 Å². The Hall–Kier alpha value is -1.35. The lowest BCUT2D eigenvalue weighted by Crippen LogP contribution is -2.03. The second-order valence-corrected chi connectivity index (χ2v) is 4.83. The van der Waals surface area contributed by atoms with Gasteiger partial charge in [0.1, 0.15) is 5.82 Å². The summed E-state index contributed by atoms with van der Waals surface area (Å²) in [6.07, 6.45) is 0. The minimum absolute atomic E-state index is 0.208. The van der Waals surface area contributed by atoms with Crippen LogP contribution in [0.1, 0.15) is 11.1 Å². The van der Waals surface area contributed by atoms with Gasteiger partial charge in [-0.05, 0) is 36.2 Å². The fourth-order valence-corrected chi connectivity index (χ4v) is 2.14. The first-order valence-electron chi connectivity index (χ1n) is 5.40. The molecule has 0 amide bonds. The van der Waals surface area contributed by atoms with Crippen LogP contribution in [0.3, 0.4) is 0 Å². The van der Waals surface area contributed by atoms with Crippen molar-refractivity contribution >= 4 is 21.6 Å². The van der Waals surface area contributed by atoms with Gasteiger partial charge in [0.05, 0.1) is 5.69 Å².